The van der Waals surface area contributed by atoms with Gasteiger partial charge in [-0.3, -0.25) is 9.59 Å². The summed E-state index contributed by atoms with van der Waals surface area (Å²) in [5.74, 6) is 0.344. The van der Waals surface area contributed by atoms with E-state index in [0.29, 0.717) is 23.5 Å². The maximum absolute atomic E-state index is 13.5. The van der Waals surface area contributed by atoms with Gasteiger partial charge in [0.05, 0.1) is 23.8 Å². The molecule has 0 fully saturated rings. The lowest BCUT2D eigenvalue weighted by Gasteiger charge is -2.18. The summed E-state index contributed by atoms with van der Waals surface area (Å²) < 4.78 is 11.0. The number of hydrazone groups is 1. The summed E-state index contributed by atoms with van der Waals surface area (Å²) in [6, 6.07) is 22.0. The highest BCUT2D eigenvalue weighted by molar-refractivity contribution is 6.13. The zero-order valence-electron chi connectivity index (χ0n) is 18.9. The number of hydrogen-bond donors (Lipinski definition) is 1. The average molecular weight is 463 g/mol. The Hall–Kier alpha value is -4.65. The fraction of sp³-hybridized carbons (Fsp3) is 0.107. The molecule has 1 aliphatic heterocycles. The van der Waals surface area contributed by atoms with E-state index in [1.54, 1.807) is 30.5 Å². The number of H-pyrrole nitrogens is 1. The zero-order chi connectivity index (χ0) is 23.9. The number of aryl methyl sites for hydroxylation is 1. The first-order chi connectivity index (χ1) is 17.1. The molecule has 1 atom stereocenters. The SMILES string of the molecule is Cc1ccc2[nH]c(=O)c(C3=NN(C(=O)c4ccco4)[C@@H](c4ccco4)C3)c(-c3ccccc3)c2c1. The van der Waals surface area contributed by atoms with Gasteiger partial charge in [0.2, 0.25) is 0 Å². The summed E-state index contributed by atoms with van der Waals surface area (Å²) in [5.41, 5.74) is 4.20. The smallest absolute Gasteiger partial charge is 0.310 e. The van der Waals surface area contributed by atoms with Gasteiger partial charge in [0, 0.05) is 22.9 Å². The van der Waals surface area contributed by atoms with Gasteiger partial charge in [0.1, 0.15) is 11.8 Å². The molecule has 1 N–H and O–H groups in total. The molecule has 3 aromatic heterocycles. The monoisotopic (exact) mass is 463 g/mol. The van der Waals surface area contributed by atoms with Crippen molar-refractivity contribution in [1.29, 1.82) is 0 Å². The molecule has 7 heteroatoms. The minimum atomic E-state index is -0.506. The minimum absolute atomic E-state index is 0.165. The second-order valence-corrected chi connectivity index (χ2v) is 8.53. The first kappa shape index (κ1) is 20.9. The Kier molecular flexibility index (Phi) is 4.95. The van der Waals surface area contributed by atoms with Crippen LogP contribution in [0.4, 0.5) is 0 Å². The molecule has 172 valence electrons. The van der Waals surface area contributed by atoms with Crippen LogP contribution in [-0.4, -0.2) is 21.6 Å². The molecular formula is C28H21N3O4. The predicted molar refractivity (Wildman–Crippen MR) is 132 cm³/mol. The van der Waals surface area contributed by atoms with E-state index in [4.69, 9.17) is 8.83 Å². The maximum atomic E-state index is 13.5. The van der Waals surface area contributed by atoms with Gasteiger partial charge >= 0.3 is 5.91 Å². The number of aromatic amines is 1. The highest BCUT2D eigenvalue weighted by Crippen LogP contribution is 2.37. The lowest BCUT2D eigenvalue weighted by Crippen LogP contribution is -2.26. The van der Waals surface area contributed by atoms with E-state index >= 15 is 0 Å². The van der Waals surface area contributed by atoms with E-state index in [0.717, 1.165) is 27.6 Å². The molecule has 0 saturated carbocycles. The molecule has 5 aromatic rings. The topological polar surface area (TPSA) is 91.8 Å². The number of carbonyl (C=O) groups is 1. The van der Waals surface area contributed by atoms with Gasteiger partial charge in [-0.15, -0.1) is 0 Å². The molecule has 1 amide bonds. The van der Waals surface area contributed by atoms with Gasteiger partial charge in [0.15, 0.2) is 5.76 Å². The number of pyridine rings is 1. The van der Waals surface area contributed by atoms with Crippen molar-refractivity contribution in [3.63, 3.8) is 0 Å². The second kappa shape index (κ2) is 8.29. The lowest BCUT2D eigenvalue weighted by atomic mass is 9.91. The van der Waals surface area contributed by atoms with Crippen LogP contribution in [0.5, 0.6) is 0 Å². The molecule has 6 rings (SSSR count). The van der Waals surface area contributed by atoms with Crippen LogP contribution in [0.25, 0.3) is 22.0 Å². The number of furan rings is 2. The van der Waals surface area contributed by atoms with E-state index in [1.807, 2.05) is 49.4 Å². The molecule has 0 saturated heterocycles. The largest absolute Gasteiger partial charge is 0.467 e. The molecule has 0 radical (unpaired) electrons. The molecule has 0 spiro atoms. The quantitative estimate of drug-likeness (QED) is 0.371. The minimum Gasteiger partial charge on any atom is -0.467 e. The third-order valence-corrected chi connectivity index (χ3v) is 6.24. The average Bonchev–Trinajstić information content (AvgIpc) is 3.65. The van der Waals surface area contributed by atoms with E-state index in [9.17, 15) is 9.59 Å². The summed E-state index contributed by atoms with van der Waals surface area (Å²) in [7, 11) is 0. The molecule has 0 bridgehead atoms. The molecular weight excluding hydrogens is 442 g/mol. The maximum Gasteiger partial charge on any atom is 0.310 e. The molecule has 1 aliphatic rings. The van der Waals surface area contributed by atoms with Crippen LogP contribution in [0.1, 0.15) is 39.9 Å². The number of amides is 1. The Morgan fingerprint density at radius 3 is 2.51 bits per heavy atom. The Labute approximate surface area is 200 Å². The van der Waals surface area contributed by atoms with Crippen molar-refractivity contribution in [1.82, 2.24) is 9.99 Å². The summed E-state index contributed by atoms with van der Waals surface area (Å²) in [4.78, 5) is 29.8. The van der Waals surface area contributed by atoms with Crippen molar-refractivity contribution < 1.29 is 13.6 Å². The number of hydrogen-bond acceptors (Lipinski definition) is 5. The Morgan fingerprint density at radius 1 is 0.971 bits per heavy atom. The van der Waals surface area contributed by atoms with Crippen molar-refractivity contribution in [2.24, 2.45) is 5.10 Å². The normalized spacial score (nSPS) is 15.5. The number of nitrogens with one attached hydrogen (secondary N) is 1. The number of aromatic nitrogens is 1. The predicted octanol–water partition coefficient (Wildman–Crippen LogP) is 5.68. The number of nitrogens with zero attached hydrogens (tertiary/aromatic N) is 2. The van der Waals surface area contributed by atoms with E-state index < -0.39 is 11.9 Å². The van der Waals surface area contributed by atoms with Gasteiger partial charge in [-0.05, 0) is 48.9 Å². The first-order valence-electron chi connectivity index (χ1n) is 11.3. The Balaban J connectivity index is 1.58. The summed E-state index contributed by atoms with van der Waals surface area (Å²) >= 11 is 0. The third-order valence-electron chi connectivity index (χ3n) is 6.24. The van der Waals surface area contributed by atoms with E-state index in [2.05, 4.69) is 16.2 Å². The first-order valence-corrected chi connectivity index (χ1v) is 11.3. The van der Waals surface area contributed by atoms with Crippen LogP contribution < -0.4 is 5.56 Å². The number of rotatable bonds is 4. The van der Waals surface area contributed by atoms with Crippen molar-refractivity contribution in [2.45, 2.75) is 19.4 Å². The van der Waals surface area contributed by atoms with Crippen molar-refractivity contribution >= 4 is 22.5 Å². The Morgan fingerprint density at radius 2 is 1.77 bits per heavy atom. The van der Waals surface area contributed by atoms with Gasteiger partial charge in [0.25, 0.3) is 5.56 Å². The molecule has 2 aromatic carbocycles. The second-order valence-electron chi connectivity index (χ2n) is 8.53. The van der Waals surface area contributed by atoms with Gasteiger partial charge in [-0.25, -0.2) is 5.01 Å². The molecule has 35 heavy (non-hydrogen) atoms. The highest BCUT2D eigenvalue weighted by Gasteiger charge is 2.38. The van der Waals surface area contributed by atoms with Crippen molar-refractivity contribution in [2.75, 3.05) is 0 Å². The Bertz CT molecular complexity index is 1610. The van der Waals surface area contributed by atoms with Crippen LogP contribution >= 0.6 is 0 Å². The van der Waals surface area contributed by atoms with Crippen LogP contribution in [0.2, 0.25) is 0 Å². The summed E-state index contributed by atoms with van der Waals surface area (Å²) in [6.07, 6.45) is 3.32. The molecule has 0 unspecified atom stereocenters. The molecule has 7 nitrogen and oxygen atoms in total. The summed E-state index contributed by atoms with van der Waals surface area (Å²) in [5, 5.41) is 6.95. The van der Waals surface area contributed by atoms with Crippen LogP contribution in [0.3, 0.4) is 0 Å². The third kappa shape index (κ3) is 3.58. The number of fused-ring (bicyclic) bond motifs is 1. The standard InChI is InChI=1S/C28H21N3O4/c1-17-11-12-20-19(15-17)25(18-7-3-2-4-8-18)26(27(32)29-20)21-16-22(23-9-5-13-34-23)31(30-21)28(33)24-10-6-14-35-24/h2-15,22H,16H2,1H3,(H,29,32)/t22-/m1/s1. The zero-order valence-corrected chi connectivity index (χ0v) is 18.9. The van der Waals surface area contributed by atoms with Crippen LogP contribution in [0.15, 0.2) is 104 Å². The van der Waals surface area contributed by atoms with Crippen molar-refractivity contribution in [3.05, 3.63) is 118 Å². The number of benzene rings is 2. The highest BCUT2D eigenvalue weighted by atomic mass is 16.3. The fourth-order valence-corrected chi connectivity index (χ4v) is 4.65. The fourth-order valence-electron chi connectivity index (χ4n) is 4.65. The van der Waals surface area contributed by atoms with Crippen molar-refractivity contribution in [3.8, 4) is 11.1 Å². The summed E-state index contributed by atoms with van der Waals surface area (Å²) in [6.45, 7) is 2.02. The van der Waals surface area contributed by atoms with Crippen LogP contribution in [-0.2, 0) is 0 Å². The van der Waals surface area contributed by atoms with Gasteiger partial charge in [-0.2, -0.15) is 5.10 Å². The van der Waals surface area contributed by atoms with Gasteiger partial charge in [-0.1, -0.05) is 42.0 Å². The van der Waals surface area contributed by atoms with Gasteiger partial charge < -0.3 is 13.8 Å². The lowest BCUT2D eigenvalue weighted by molar-refractivity contribution is 0.0660. The molecule has 0 aliphatic carbocycles. The van der Waals surface area contributed by atoms with Crippen LogP contribution in [0, 0.1) is 6.92 Å². The molecule has 4 heterocycles. The van der Waals surface area contributed by atoms with E-state index in [1.165, 1.54) is 11.3 Å². The number of carbonyl (C=O) groups excluding carboxylic acids is 1. The van der Waals surface area contributed by atoms with E-state index in [-0.39, 0.29) is 11.3 Å².